The van der Waals surface area contributed by atoms with Crippen LogP contribution in [0.25, 0.3) is 11.0 Å². The zero-order valence-electron chi connectivity index (χ0n) is 16.4. The smallest absolute Gasteiger partial charge is 0.252 e. The molecule has 2 aromatic rings. The lowest BCUT2D eigenvalue weighted by Crippen LogP contribution is -2.54. The number of pyridine rings is 1. The third-order valence-corrected chi connectivity index (χ3v) is 6.61. The standard InChI is InChI=1S/C21H27N5O2/c1-14-10-18(27)26(16-6-2-3-7-16)19-17(14)11-22-21(23-19)25-12-15(13-25)20(28)24-8-4-5-9-24/h10-11,15-16H,2-9,12-13H2,1H3. The first-order chi connectivity index (χ1) is 13.6. The summed E-state index contributed by atoms with van der Waals surface area (Å²) in [5.41, 5.74) is 1.70. The molecule has 0 aromatic carbocycles. The van der Waals surface area contributed by atoms with Crippen LogP contribution < -0.4 is 10.5 Å². The van der Waals surface area contributed by atoms with E-state index < -0.39 is 0 Å². The second-order valence-corrected chi connectivity index (χ2v) is 8.52. The molecule has 3 fully saturated rings. The Balaban J connectivity index is 1.43. The van der Waals surface area contributed by atoms with Gasteiger partial charge in [0.1, 0.15) is 5.65 Å². The summed E-state index contributed by atoms with van der Waals surface area (Å²) in [6.07, 6.45) is 8.48. The van der Waals surface area contributed by atoms with E-state index >= 15 is 0 Å². The molecule has 1 saturated carbocycles. The number of aryl methyl sites for hydroxylation is 1. The highest BCUT2D eigenvalue weighted by molar-refractivity contribution is 5.83. The summed E-state index contributed by atoms with van der Waals surface area (Å²) in [5.74, 6) is 0.954. The van der Waals surface area contributed by atoms with Crippen LogP contribution in [0.4, 0.5) is 5.95 Å². The van der Waals surface area contributed by atoms with Crippen LogP contribution in [0.15, 0.2) is 17.1 Å². The van der Waals surface area contributed by atoms with Gasteiger partial charge < -0.3 is 9.80 Å². The number of rotatable bonds is 3. The van der Waals surface area contributed by atoms with Gasteiger partial charge in [-0.15, -0.1) is 0 Å². The van der Waals surface area contributed by atoms with Gasteiger partial charge in [-0.3, -0.25) is 14.2 Å². The summed E-state index contributed by atoms with van der Waals surface area (Å²) in [6, 6.07) is 1.94. The molecule has 0 radical (unpaired) electrons. The van der Waals surface area contributed by atoms with E-state index in [4.69, 9.17) is 4.98 Å². The second kappa shape index (κ2) is 6.87. The summed E-state index contributed by atoms with van der Waals surface area (Å²) in [7, 11) is 0. The van der Waals surface area contributed by atoms with Gasteiger partial charge in [0.15, 0.2) is 0 Å². The SMILES string of the molecule is Cc1cc(=O)n(C2CCCC2)c2nc(N3CC(C(=O)N4CCCC4)C3)ncc12. The minimum Gasteiger partial charge on any atom is -0.342 e. The first-order valence-electron chi connectivity index (χ1n) is 10.5. The fraction of sp³-hybridized carbons (Fsp3) is 0.619. The maximum absolute atomic E-state index is 12.7. The molecule has 0 bridgehead atoms. The van der Waals surface area contributed by atoms with Gasteiger partial charge >= 0.3 is 0 Å². The minimum atomic E-state index is 0.0345. The Morgan fingerprint density at radius 1 is 1.11 bits per heavy atom. The van der Waals surface area contributed by atoms with Crippen LogP contribution in [-0.2, 0) is 4.79 Å². The van der Waals surface area contributed by atoms with Gasteiger partial charge in [0, 0.05) is 49.9 Å². The molecule has 5 rings (SSSR count). The maximum Gasteiger partial charge on any atom is 0.252 e. The van der Waals surface area contributed by atoms with Gasteiger partial charge in [0.05, 0.1) is 5.92 Å². The molecule has 3 aliphatic rings. The van der Waals surface area contributed by atoms with E-state index in [0.29, 0.717) is 19.0 Å². The van der Waals surface area contributed by atoms with Crippen molar-refractivity contribution in [3.05, 3.63) is 28.2 Å². The number of fused-ring (bicyclic) bond motifs is 1. The van der Waals surface area contributed by atoms with Crippen LogP contribution in [0.5, 0.6) is 0 Å². The number of aromatic nitrogens is 3. The molecule has 0 spiro atoms. The highest BCUT2D eigenvalue weighted by Gasteiger charge is 2.37. The fourth-order valence-corrected chi connectivity index (χ4v) is 4.92. The molecule has 2 saturated heterocycles. The van der Waals surface area contributed by atoms with Crippen LogP contribution in [0.3, 0.4) is 0 Å². The first kappa shape index (κ1) is 17.6. The van der Waals surface area contributed by atoms with Gasteiger partial charge in [0.25, 0.3) is 5.56 Å². The third kappa shape index (κ3) is 2.88. The Morgan fingerprint density at radius 2 is 1.82 bits per heavy atom. The van der Waals surface area contributed by atoms with E-state index in [1.165, 1.54) is 0 Å². The van der Waals surface area contributed by atoms with Gasteiger partial charge in [0.2, 0.25) is 11.9 Å². The van der Waals surface area contributed by atoms with Gasteiger partial charge in [-0.2, -0.15) is 4.98 Å². The van der Waals surface area contributed by atoms with Crippen LogP contribution in [-0.4, -0.2) is 51.5 Å². The van der Waals surface area contributed by atoms with Crippen LogP contribution in [0, 0.1) is 12.8 Å². The van der Waals surface area contributed by atoms with Crippen LogP contribution in [0.1, 0.15) is 50.1 Å². The average Bonchev–Trinajstić information content (AvgIpc) is 3.34. The van der Waals surface area contributed by atoms with Crippen molar-refractivity contribution in [2.75, 3.05) is 31.1 Å². The van der Waals surface area contributed by atoms with Crippen molar-refractivity contribution in [1.29, 1.82) is 0 Å². The number of amides is 1. The molecule has 7 heteroatoms. The molecule has 2 aliphatic heterocycles. The van der Waals surface area contributed by atoms with Crippen molar-refractivity contribution in [3.8, 4) is 0 Å². The number of carbonyl (C=O) groups is 1. The largest absolute Gasteiger partial charge is 0.342 e. The lowest BCUT2D eigenvalue weighted by Gasteiger charge is -2.39. The molecule has 4 heterocycles. The van der Waals surface area contributed by atoms with Crippen molar-refractivity contribution in [1.82, 2.24) is 19.4 Å². The quantitative estimate of drug-likeness (QED) is 0.816. The lowest BCUT2D eigenvalue weighted by molar-refractivity contribution is -0.135. The molecular formula is C21H27N5O2. The molecular weight excluding hydrogens is 354 g/mol. The van der Waals surface area contributed by atoms with E-state index in [2.05, 4.69) is 9.88 Å². The number of hydrogen-bond donors (Lipinski definition) is 0. The number of anilines is 1. The Hall–Kier alpha value is -2.44. The summed E-state index contributed by atoms with van der Waals surface area (Å²) < 4.78 is 1.88. The average molecular weight is 381 g/mol. The maximum atomic E-state index is 12.7. The monoisotopic (exact) mass is 381 g/mol. The predicted octanol–water partition coefficient (Wildman–Crippen LogP) is 2.27. The summed E-state index contributed by atoms with van der Waals surface area (Å²) in [6.45, 7) is 5.07. The summed E-state index contributed by atoms with van der Waals surface area (Å²) in [5, 5.41) is 0.945. The Kier molecular flexibility index (Phi) is 4.33. The highest BCUT2D eigenvalue weighted by Crippen LogP contribution is 2.32. The molecule has 1 amide bonds. The van der Waals surface area contributed by atoms with Crippen LogP contribution >= 0.6 is 0 Å². The van der Waals surface area contributed by atoms with Gasteiger partial charge in [-0.1, -0.05) is 12.8 Å². The Bertz CT molecular complexity index is 967. The number of nitrogens with zero attached hydrogens (tertiary/aromatic N) is 5. The molecule has 148 valence electrons. The van der Waals surface area contributed by atoms with E-state index in [0.717, 1.165) is 68.2 Å². The van der Waals surface area contributed by atoms with E-state index in [9.17, 15) is 9.59 Å². The molecule has 1 aliphatic carbocycles. The first-order valence-corrected chi connectivity index (χ1v) is 10.5. The van der Waals surface area contributed by atoms with E-state index in [-0.39, 0.29) is 23.4 Å². The molecule has 0 atom stereocenters. The summed E-state index contributed by atoms with van der Waals surface area (Å²) in [4.78, 5) is 38.7. The zero-order chi connectivity index (χ0) is 19.3. The van der Waals surface area contributed by atoms with E-state index in [1.807, 2.05) is 22.6 Å². The van der Waals surface area contributed by atoms with Crippen molar-refractivity contribution < 1.29 is 4.79 Å². The minimum absolute atomic E-state index is 0.0345. The molecule has 2 aromatic heterocycles. The van der Waals surface area contributed by atoms with E-state index in [1.54, 1.807) is 6.07 Å². The highest BCUT2D eigenvalue weighted by atomic mass is 16.2. The van der Waals surface area contributed by atoms with Crippen molar-refractivity contribution in [2.45, 2.75) is 51.5 Å². The number of hydrogen-bond acceptors (Lipinski definition) is 5. The van der Waals surface area contributed by atoms with Crippen molar-refractivity contribution >= 4 is 22.9 Å². The Morgan fingerprint density at radius 3 is 2.54 bits per heavy atom. The van der Waals surface area contributed by atoms with Crippen molar-refractivity contribution in [2.24, 2.45) is 5.92 Å². The lowest BCUT2D eigenvalue weighted by atomic mass is 9.99. The number of likely N-dealkylation sites (tertiary alicyclic amines) is 1. The Labute approximate surface area is 164 Å². The van der Waals surface area contributed by atoms with Crippen molar-refractivity contribution in [3.63, 3.8) is 0 Å². The molecule has 28 heavy (non-hydrogen) atoms. The molecule has 7 nitrogen and oxygen atoms in total. The fourth-order valence-electron chi connectivity index (χ4n) is 4.92. The predicted molar refractivity (Wildman–Crippen MR) is 108 cm³/mol. The molecule has 0 N–H and O–H groups in total. The second-order valence-electron chi connectivity index (χ2n) is 8.52. The zero-order valence-corrected chi connectivity index (χ0v) is 16.4. The number of carbonyl (C=O) groups excluding carboxylic acids is 1. The van der Waals surface area contributed by atoms with Gasteiger partial charge in [-0.25, -0.2) is 4.98 Å². The van der Waals surface area contributed by atoms with Crippen LogP contribution in [0.2, 0.25) is 0 Å². The third-order valence-electron chi connectivity index (χ3n) is 6.61. The normalized spacial score (nSPS) is 20.9. The topological polar surface area (TPSA) is 71.3 Å². The summed E-state index contributed by atoms with van der Waals surface area (Å²) >= 11 is 0. The van der Waals surface area contributed by atoms with Gasteiger partial charge in [-0.05, 0) is 38.2 Å². The molecule has 0 unspecified atom stereocenters.